The standard InChI is InChI=1S/C35H48N6O7/c1-5-47-32(44)19-38-34(45)30(39-31(43)18-37-23(4)42)8-6-7-17-36-35(46)48-20-29-26-14-13-25-22(3)40-41-33(28(25)16-15-27(26)29)24-11-9-21(2)10-12-24/h9-12,26-27,29-30H,5-8,13-20H2,1-4H3,(H,36,46)(H,37,42)(H,38,45)(H,39,43)/t26?,27?,29-,30-/m0/s1. The minimum absolute atomic E-state index is 0.183. The number of aromatic nitrogens is 2. The van der Waals surface area contributed by atoms with Gasteiger partial charge < -0.3 is 30.7 Å². The second-order valence-electron chi connectivity index (χ2n) is 12.6. The predicted octanol–water partition coefficient (Wildman–Crippen LogP) is 2.70. The lowest BCUT2D eigenvalue weighted by atomic mass is 9.90. The number of fused-ring (bicyclic) bond motifs is 2. The molecule has 13 heteroatoms. The third kappa shape index (κ3) is 10.5. The Balaban J connectivity index is 1.19. The summed E-state index contributed by atoms with van der Waals surface area (Å²) >= 11 is 0. The molecular formula is C35H48N6O7. The number of hydrogen-bond donors (Lipinski definition) is 4. The molecule has 260 valence electrons. The summed E-state index contributed by atoms with van der Waals surface area (Å²) < 4.78 is 10.4. The molecule has 0 spiro atoms. The van der Waals surface area contributed by atoms with Gasteiger partial charge in [0.15, 0.2) is 0 Å². The Morgan fingerprint density at radius 3 is 2.27 bits per heavy atom. The Hall–Kier alpha value is -4.55. The molecule has 48 heavy (non-hydrogen) atoms. The number of alkyl carbamates (subject to hydrolysis) is 1. The van der Waals surface area contributed by atoms with Crippen LogP contribution < -0.4 is 21.3 Å². The van der Waals surface area contributed by atoms with Crippen molar-refractivity contribution in [3.8, 4) is 11.3 Å². The van der Waals surface area contributed by atoms with Gasteiger partial charge in [-0.1, -0.05) is 29.8 Å². The van der Waals surface area contributed by atoms with Crippen LogP contribution in [0.5, 0.6) is 0 Å². The number of aryl methyl sites for hydroxylation is 2. The minimum atomic E-state index is -0.923. The van der Waals surface area contributed by atoms with Crippen LogP contribution in [0.1, 0.15) is 68.3 Å². The molecule has 1 aromatic heterocycles. The van der Waals surface area contributed by atoms with E-state index in [1.807, 2.05) is 6.92 Å². The number of nitrogens with one attached hydrogen (secondary N) is 4. The number of nitrogens with zero attached hydrogens (tertiary/aromatic N) is 2. The third-order valence-corrected chi connectivity index (χ3v) is 9.13. The van der Waals surface area contributed by atoms with Gasteiger partial charge in [-0.05, 0) is 94.6 Å². The van der Waals surface area contributed by atoms with E-state index in [1.165, 1.54) is 23.6 Å². The average Bonchev–Trinajstić information content (AvgIpc) is 3.71. The number of carbonyl (C=O) groups excluding carboxylic acids is 5. The van der Waals surface area contributed by atoms with Crippen molar-refractivity contribution in [1.29, 1.82) is 0 Å². The van der Waals surface area contributed by atoms with Crippen molar-refractivity contribution in [3.05, 3.63) is 46.6 Å². The molecule has 0 aliphatic heterocycles. The summed E-state index contributed by atoms with van der Waals surface area (Å²) in [6.07, 6.45) is 4.74. The molecule has 0 bridgehead atoms. The monoisotopic (exact) mass is 664 g/mol. The molecule has 1 heterocycles. The summed E-state index contributed by atoms with van der Waals surface area (Å²) in [7, 11) is 0. The molecule has 2 unspecified atom stereocenters. The molecule has 4 atom stereocenters. The van der Waals surface area contributed by atoms with E-state index in [0.29, 0.717) is 43.7 Å². The van der Waals surface area contributed by atoms with E-state index < -0.39 is 29.9 Å². The van der Waals surface area contributed by atoms with E-state index in [1.54, 1.807) is 6.92 Å². The molecule has 1 saturated carbocycles. The van der Waals surface area contributed by atoms with Gasteiger partial charge in [0.2, 0.25) is 17.7 Å². The molecule has 13 nitrogen and oxygen atoms in total. The Morgan fingerprint density at radius 2 is 1.58 bits per heavy atom. The number of esters is 1. The van der Waals surface area contributed by atoms with Gasteiger partial charge >= 0.3 is 12.1 Å². The normalized spacial score (nSPS) is 18.5. The first-order chi connectivity index (χ1) is 23.1. The lowest BCUT2D eigenvalue weighted by Crippen LogP contribution is -2.50. The largest absolute Gasteiger partial charge is 0.465 e. The van der Waals surface area contributed by atoms with E-state index in [4.69, 9.17) is 9.47 Å². The average molecular weight is 665 g/mol. The molecule has 2 aromatic rings. The maximum atomic E-state index is 12.7. The Morgan fingerprint density at radius 1 is 0.875 bits per heavy atom. The molecule has 1 fully saturated rings. The topological polar surface area (TPSA) is 178 Å². The first-order valence-electron chi connectivity index (χ1n) is 16.9. The van der Waals surface area contributed by atoms with Gasteiger partial charge in [-0.3, -0.25) is 19.2 Å². The molecule has 4 rings (SSSR count). The van der Waals surface area contributed by atoms with Gasteiger partial charge in [-0.2, -0.15) is 5.10 Å². The molecule has 2 aliphatic rings. The fourth-order valence-electron chi connectivity index (χ4n) is 6.50. The second-order valence-corrected chi connectivity index (χ2v) is 12.6. The van der Waals surface area contributed by atoms with E-state index in [0.717, 1.165) is 42.6 Å². The summed E-state index contributed by atoms with van der Waals surface area (Å²) in [6.45, 7) is 7.35. The number of rotatable bonds is 15. The lowest BCUT2D eigenvalue weighted by Gasteiger charge is -2.18. The third-order valence-electron chi connectivity index (χ3n) is 9.13. The predicted molar refractivity (Wildman–Crippen MR) is 178 cm³/mol. The zero-order valence-corrected chi connectivity index (χ0v) is 28.4. The van der Waals surface area contributed by atoms with Gasteiger partial charge in [-0.25, -0.2) is 4.79 Å². The van der Waals surface area contributed by atoms with E-state index >= 15 is 0 Å². The number of unbranched alkanes of at least 4 members (excludes halogenated alkanes) is 1. The zero-order chi connectivity index (χ0) is 34.6. The number of carbonyl (C=O) groups is 5. The van der Waals surface area contributed by atoms with Crippen LogP contribution in [0.2, 0.25) is 0 Å². The van der Waals surface area contributed by atoms with Crippen LogP contribution >= 0.6 is 0 Å². The van der Waals surface area contributed by atoms with Gasteiger partial charge in [-0.15, -0.1) is 5.10 Å². The van der Waals surface area contributed by atoms with Crippen LogP contribution in [0.25, 0.3) is 11.3 Å². The Labute approximate surface area is 281 Å². The maximum Gasteiger partial charge on any atom is 0.407 e. The number of benzene rings is 1. The molecular weight excluding hydrogens is 616 g/mol. The van der Waals surface area contributed by atoms with Gasteiger partial charge in [0, 0.05) is 19.0 Å². The van der Waals surface area contributed by atoms with Gasteiger partial charge in [0.05, 0.1) is 31.1 Å². The van der Waals surface area contributed by atoms with Crippen molar-refractivity contribution in [2.75, 3.05) is 32.8 Å². The molecule has 0 saturated heterocycles. The summed E-state index contributed by atoms with van der Waals surface area (Å²) in [6, 6.07) is 7.51. The van der Waals surface area contributed by atoms with E-state index in [2.05, 4.69) is 62.7 Å². The maximum absolute atomic E-state index is 12.7. The highest BCUT2D eigenvalue weighted by Gasteiger charge is 2.50. The molecule has 2 aliphatic carbocycles. The van der Waals surface area contributed by atoms with Crippen LogP contribution in [0.4, 0.5) is 4.79 Å². The molecule has 4 amide bonds. The van der Waals surface area contributed by atoms with Gasteiger partial charge in [0.1, 0.15) is 12.6 Å². The van der Waals surface area contributed by atoms with Crippen LogP contribution in [-0.4, -0.2) is 78.9 Å². The molecule has 4 N–H and O–H groups in total. The summed E-state index contributed by atoms with van der Waals surface area (Å²) in [5, 5.41) is 19.3. The van der Waals surface area contributed by atoms with Crippen LogP contribution in [-0.2, 0) is 41.5 Å². The van der Waals surface area contributed by atoms with Crippen molar-refractivity contribution in [2.24, 2.45) is 17.8 Å². The Kier molecular flexibility index (Phi) is 13.3. The fourth-order valence-corrected chi connectivity index (χ4v) is 6.50. The van der Waals surface area contributed by atoms with Crippen LogP contribution in [0.15, 0.2) is 24.3 Å². The van der Waals surface area contributed by atoms with E-state index in [9.17, 15) is 24.0 Å². The zero-order valence-electron chi connectivity index (χ0n) is 28.4. The van der Waals surface area contributed by atoms with Crippen molar-refractivity contribution in [3.63, 3.8) is 0 Å². The SMILES string of the molecule is CCOC(=O)CNC(=O)[C@H](CCCCNC(=O)OC[C@H]1C2CCc3c(C)nnc(-c4ccc(C)cc4)c3CCC21)NC(=O)CNC(C)=O. The lowest BCUT2D eigenvalue weighted by molar-refractivity contribution is -0.143. The quantitative estimate of drug-likeness (QED) is 0.165. The summed E-state index contributed by atoms with van der Waals surface area (Å²) in [5.41, 5.74) is 6.85. The van der Waals surface area contributed by atoms with Crippen LogP contribution in [0.3, 0.4) is 0 Å². The van der Waals surface area contributed by atoms with Crippen LogP contribution in [0, 0.1) is 31.6 Å². The first kappa shape index (κ1) is 36.3. The Bertz CT molecular complexity index is 1460. The number of ether oxygens (including phenoxy) is 2. The second kappa shape index (κ2) is 17.6. The highest BCUT2D eigenvalue weighted by Crippen LogP contribution is 2.53. The van der Waals surface area contributed by atoms with Crippen molar-refractivity contribution >= 4 is 29.8 Å². The number of amides is 4. The highest BCUT2D eigenvalue weighted by molar-refractivity contribution is 5.91. The fraction of sp³-hybridized carbons (Fsp3) is 0.571. The first-order valence-corrected chi connectivity index (χ1v) is 16.9. The van der Waals surface area contributed by atoms with E-state index in [-0.39, 0.29) is 32.0 Å². The number of hydrogen-bond acceptors (Lipinski definition) is 9. The highest BCUT2D eigenvalue weighted by atomic mass is 16.5. The smallest absolute Gasteiger partial charge is 0.407 e. The summed E-state index contributed by atoms with van der Waals surface area (Å²) in [5.74, 6) is -0.664. The summed E-state index contributed by atoms with van der Waals surface area (Å²) in [4.78, 5) is 60.1. The molecule has 1 aromatic carbocycles. The van der Waals surface area contributed by atoms with Gasteiger partial charge in [0.25, 0.3) is 0 Å². The molecule has 0 radical (unpaired) electrons. The van der Waals surface area contributed by atoms with Crippen molar-refractivity contribution < 1.29 is 33.4 Å². The van der Waals surface area contributed by atoms with Crippen molar-refractivity contribution in [1.82, 2.24) is 31.5 Å². The minimum Gasteiger partial charge on any atom is -0.465 e. The van der Waals surface area contributed by atoms with Crippen molar-refractivity contribution in [2.45, 2.75) is 78.7 Å².